The minimum Gasteiger partial charge on any atom is -0.339 e. The summed E-state index contributed by atoms with van der Waals surface area (Å²) in [6.45, 7) is 5.84. The van der Waals surface area contributed by atoms with Gasteiger partial charge < -0.3 is 4.57 Å². The van der Waals surface area contributed by atoms with Crippen LogP contribution in [0.5, 0.6) is 0 Å². The number of hydrogen-bond donors (Lipinski definition) is 0. The number of aromatic nitrogens is 1. The van der Waals surface area contributed by atoms with Crippen molar-refractivity contribution in [2.24, 2.45) is 5.92 Å². The van der Waals surface area contributed by atoms with Crippen LogP contribution in [0.25, 0.3) is 20.4 Å². The maximum absolute atomic E-state index is 2.64. The smallest absolute Gasteiger partial charge is 0.0700 e. The van der Waals surface area contributed by atoms with Crippen LogP contribution in [0.15, 0.2) is 22.9 Å². The summed E-state index contributed by atoms with van der Waals surface area (Å²) >= 11 is 3.82. The Labute approximate surface area is 173 Å². The van der Waals surface area contributed by atoms with E-state index in [1.54, 1.807) is 0 Å². The Kier molecular flexibility index (Phi) is 8.73. The number of hydrogen-bond acceptors (Lipinski definition) is 2. The predicted molar refractivity (Wildman–Crippen MR) is 125 cm³/mol. The third-order valence-corrected chi connectivity index (χ3v) is 7.92. The Morgan fingerprint density at radius 3 is 1.74 bits per heavy atom. The van der Waals surface area contributed by atoms with E-state index in [2.05, 4.69) is 41.3 Å². The first-order chi connectivity index (χ1) is 13.3. The molecule has 0 radical (unpaired) electrons. The van der Waals surface area contributed by atoms with Gasteiger partial charge in [0.15, 0.2) is 0 Å². The van der Waals surface area contributed by atoms with Gasteiger partial charge in [0.05, 0.1) is 20.4 Å². The van der Waals surface area contributed by atoms with Crippen LogP contribution in [-0.4, -0.2) is 4.57 Å². The highest BCUT2D eigenvalue weighted by atomic mass is 32.1. The van der Waals surface area contributed by atoms with Gasteiger partial charge in [0, 0.05) is 6.54 Å². The first-order valence-electron chi connectivity index (χ1n) is 11.3. The van der Waals surface area contributed by atoms with E-state index in [0.29, 0.717) is 0 Å². The SMILES string of the molecule is CCCCCCCCC(CCCCCC)Cn1c2ccsc2c2sccc21. The molecule has 3 aromatic heterocycles. The van der Waals surface area contributed by atoms with Gasteiger partial charge in [-0.1, -0.05) is 78.1 Å². The molecule has 0 aromatic carbocycles. The lowest BCUT2D eigenvalue weighted by molar-refractivity contribution is 0.365. The molecule has 150 valence electrons. The molecular weight excluding hydrogens is 366 g/mol. The van der Waals surface area contributed by atoms with Crippen LogP contribution in [0.2, 0.25) is 0 Å². The Morgan fingerprint density at radius 2 is 1.19 bits per heavy atom. The highest BCUT2D eigenvalue weighted by Gasteiger charge is 2.17. The molecule has 3 rings (SSSR count). The van der Waals surface area contributed by atoms with Gasteiger partial charge in [-0.25, -0.2) is 0 Å². The molecule has 1 atom stereocenters. The van der Waals surface area contributed by atoms with Crippen molar-refractivity contribution in [2.75, 3.05) is 0 Å². The van der Waals surface area contributed by atoms with E-state index in [4.69, 9.17) is 0 Å². The summed E-state index contributed by atoms with van der Waals surface area (Å²) in [4.78, 5) is 0. The quantitative estimate of drug-likeness (QED) is 0.236. The van der Waals surface area contributed by atoms with Gasteiger partial charge in [-0.05, 0) is 41.7 Å². The monoisotopic (exact) mass is 403 g/mol. The third kappa shape index (κ3) is 5.60. The van der Waals surface area contributed by atoms with Crippen molar-refractivity contribution >= 4 is 43.1 Å². The van der Waals surface area contributed by atoms with Crippen LogP contribution in [0.4, 0.5) is 0 Å². The number of thiophene rings is 2. The van der Waals surface area contributed by atoms with Gasteiger partial charge in [0.25, 0.3) is 0 Å². The average Bonchev–Trinajstić information content (AvgIpc) is 3.37. The van der Waals surface area contributed by atoms with Gasteiger partial charge >= 0.3 is 0 Å². The molecule has 0 saturated heterocycles. The molecule has 0 aliphatic rings. The fraction of sp³-hybridized carbons (Fsp3) is 0.667. The van der Waals surface area contributed by atoms with Gasteiger partial charge in [-0.15, -0.1) is 22.7 Å². The van der Waals surface area contributed by atoms with E-state index in [0.717, 1.165) is 5.92 Å². The number of rotatable bonds is 14. The lowest BCUT2D eigenvalue weighted by atomic mass is 9.94. The molecule has 1 unspecified atom stereocenters. The lowest BCUT2D eigenvalue weighted by Crippen LogP contribution is -2.11. The van der Waals surface area contributed by atoms with E-state index in [9.17, 15) is 0 Å². The highest BCUT2D eigenvalue weighted by molar-refractivity contribution is 7.25. The second-order valence-corrected chi connectivity index (χ2v) is 9.98. The molecule has 3 heterocycles. The standard InChI is InChI=1S/C24H37NS2/c1-3-5-7-9-10-12-14-20(13-11-8-6-4-2)19-25-21-15-17-26-23(21)24-22(25)16-18-27-24/h15-18,20H,3-14,19H2,1-2H3. The van der Waals surface area contributed by atoms with Crippen molar-refractivity contribution < 1.29 is 0 Å². The summed E-state index contributed by atoms with van der Waals surface area (Å²) in [5.74, 6) is 0.839. The molecule has 1 nitrogen and oxygen atoms in total. The summed E-state index contributed by atoms with van der Waals surface area (Å²) in [7, 11) is 0. The molecule has 27 heavy (non-hydrogen) atoms. The summed E-state index contributed by atoms with van der Waals surface area (Å²) in [6, 6.07) is 4.68. The van der Waals surface area contributed by atoms with Gasteiger partial charge in [0.1, 0.15) is 0 Å². The molecule has 3 aromatic rings. The zero-order chi connectivity index (χ0) is 18.9. The largest absolute Gasteiger partial charge is 0.339 e. The molecule has 0 spiro atoms. The van der Waals surface area contributed by atoms with Gasteiger partial charge in [-0.2, -0.15) is 0 Å². The topological polar surface area (TPSA) is 4.93 Å². The predicted octanol–water partition coefficient (Wildman–Crippen LogP) is 9.25. The Bertz CT molecular complexity index is 731. The van der Waals surface area contributed by atoms with E-state index in [1.165, 1.54) is 104 Å². The summed E-state index contributed by atoms with van der Waals surface area (Å²) in [6.07, 6.45) is 16.9. The number of fused-ring (bicyclic) bond motifs is 3. The normalized spacial score (nSPS) is 13.1. The molecule has 0 aliphatic carbocycles. The first-order valence-corrected chi connectivity index (χ1v) is 13.0. The fourth-order valence-corrected chi connectivity index (χ4v) is 6.33. The van der Waals surface area contributed by atoms with E-state index in [1.807, 2.05) is 22.7 Å². The summed E-state index contributed by atoms with van der Waals surface area (Å²) in [5.41, 5.74) is 2.95. The van der Waals surface area contributed by atoms with Crippen LogP contribution in [0, 0.1) is 5.92 Å². The average molecular weight is 404 g/mol. The number of nitrogens with zero attached hydrogens (tertiary/aromatic N) is 1. The van der Waals surface area contributed by atoms with E-state index >= 15 is 0 Å². The summed E-state index contributed by atoms with van der Waals surface area (Å²) < 4.78 is 5.65. The highest BCUT2D eigenvalue weighted by Crippen LogP contribution is 2.37. The third-order valence-electron chi connectivity index (χ3n) is 5.95. The zero-order valence-corrected chi connectivity index (χ0v) is 19.0. The van der Waals surface area contributed by atoms with Gasteiger partial charge in [-0.3, -0.25) is 0 Å². The maximum atomic E-state index is 2.64. The van der Waals surface area contributed by atoms with Crippen LogP contribution in [-0.2, 0) is 6.54 Å². The molecule has 0 fully saturated rings. The van der Waals surface area contributed by atoms with Crippen molar-refractivity contribution in [1.82, 2.24) is 4.57 Å². The summed E-state index contributed by atoms with van der Waals surface area (Å²) in [5, 5.41) is 4.54. The Balaban J connectivity index is 1.62. The second kappa shape index (κ2) is 11.3. The Hall–Kier alpha value is -0.800. The molecule has 0 amide bonds. The fourth-order valence-electron chi connectivity index (χ4n) is 4.35. The van der Waals surface area contributed by atoms with Crippen molar-refractivity contribution in [3.05, 3.63) is 22.9 Å². The van der Waals surface area contributed by atoms with Crippen molar-refractivity contribution in [3.8, 4) is 0 Å². The minimum atomic E-state index is 0.839. The molecule has 0 aliphatic heterocycles. The Morgan fingerprint density at radius 1 is 0.704 bits per heavy atom. The van der Waals surface area contributed by atoms with Gasteiger partial charge in [0.2, 0.25) is 0 Å². The molecule has 0 bridgehead atoms. The van der Waals surface area contributed by atoms with Crippen LogP contribution in [0.3, 0.4) is 0 Å². The van der Waals surface area contributed by atoms with Crippen molar-refractivity contribution in [3.63, 3.8) is 0 Å². The molecular formula is C24H37NS2. The second-order valence-electron chi connectivity index (χ2n) is 8.15. The van der Waals surface area contributed by atoms with E-state index < -0.39 is 0 Å². The van der Waals surface area contributed by atoms with Crippen LogP contribution >= 0.6 is 22.7 Å². The zero-order valence-electron chi connectivity index (χ0n) is 17.3. The van der Waals surface area contributed by atoms with Crippen LogP contribution < -0.4 is 0 Å². The molecule has 0 saturated carbocycles. The van der Waals surface area contributed by atoms with E-state index in [-0.39, 0.29) is 0 Å². The maximum Gasteiger partial charge on any atom is 0.0700 e. The van der Waals surface area contributed by atoms with Crippen LogP contribution in [0.1, 0.15) is 90.9 Å². The first kappa shape index (κ1) is 20.9. The van der Waals surface area contributed by atoms with Crippen molar-refractivity contribution in [1.29, 1.82) is 0 Å². The lowest BCUT2D eigenvalue weighted by Gasteiger charge is -2.19. The number of unbranched alkanes of at least 4 members (excludes halogenated alkanes) is 8. The molecule has 0 N–H and O–H groups in total. The molecule has 3 heteroatoms. The van der Waals surface area contributed by atoms with Crippen molar-refractivity contribution in [2.45, 2.75) is 97.4 Å². The minimum absolute atomic E-state index is 0.839.